The molecule has 0 radical (unpaired) electrons. The predicted octanol–water partition coefficient (Wildman–Crippen LogP) is 4.83. The maximum atomic E-state index is 13.5. The molecule has 11 heteroatoms. The van der Waals surface area contributed by atoms with E-state index in [1.807, 2.05) is 0 Å². The van der Waals surface area contributed by atoms with E-state index in [4.69, 9.17) is 0 Å². The van der Waals surface area contributed by atoms with Crippen molar-refractivity contribution >= 4 is 11.9 Å². The number of halogens is 6. The molecule has 3 amide bonds. The van der Waals surface area contributed by atoms with Crippen LogP contribution in [0.4, 0.5) is 31.1 Å². The van der Waals surface area contributed by atoms with Gasteiger partial charge in [-0.15, -0.1) is 0 Å². The molecule has 1 aliphatic rings. The first-order chi connectivity index (χ1) is 16.3. The van der Waals surface area contributed by atoms with Gasteiger partial charge in [-0.25, -0.2) is 4.79 Å². The molecule has 2 aromatic carbocycles. The lowest BCUT2D eigenvalue weighted by Crippen LogP contribution is -2.56. The van der Waals surface area contributed by atoms with Crippen molar-refractivity contribution in [3.8, 4) is 0 Å². The average Bonchev–Trinajstić information content (AvgIpc) is 2.82. The first-order valence-corrected chi connectivity index (χ1v) is 10.8. The molecule has 1 aliphatic heterocycles. The van der Waals surface area contributed by atoms with Crippen LogP contribution in [0.15, 0.2) is 48.5 Å². The van der Waals surface area contributed by atoms with Crippen molar-refractivity contribution in [3.05, 3.63) is 70.8 Å². The molecule has 1 heterocycles. The molecular weight excluding hydrogens is 476 g/mol. The van der Waals surface area contributed by atoms with Crippen LogP contribution in [0.1, 0.15) is 34.6 Å². The number of nitrogens with one attached hydrogen (secondary N) is 2. The molecule has 190 valence electrons. The van der Waals surface area contributed by atoms with Crippen LogP contribution in [-0.4, -0.2) is 44.0 Å². The van der Waals surface area contributed by atoms with Crippen molar-refractivity contribution in [1.82, 2.24) is 15.5 Å². The first-order valence-electron chi connectivity index (χ1n) is 10.8. The van der Waals surface area contributed by atoms with Crippen LogP contribution in [0, 0.1) is 5.41 Å². The summed E-state index contributed by atoms with van der Waals surface area (Å²) in [5.41, 5.74) is -3.88. The minimum atomic E-state index is -5.00. The fourth-order valence-corrected chi connectivity index (χ4v) is 4.75. The molecule has 1 saturated heterocycles. The molecule has 0 aromatic heterocycles. The molecule has 1 fully saturated rings. The highest BCUT2D eigenvalue weighted by molar-refractivity contribution is 5.85. The number of rotatable bonds is 4. The van der Waals surface area contributed by atoms with E-state index in [0.717, 1.165) is 0 Å². The van der Waals surface area contributed by atoms with Crippen LogP contribution >= 0.6 is 0 Å². The van der Waals surface area contributed by atoms with Gasteiger partial charge in [0.15, 0.2) is 0 Å². The molecule has 35 heavy (non-hydrogen) atoms. The van der Waals surface area contributed by atoms with E-state index in [0.29, 0.717) is 17.7 Å². The quantitative estimate of drug-likeness (QED) is 0.590. The fourth-order valence-electron chi connectivity index (χ4n) is 4.75. The van der Waals surface area contributed by atoms with Crippen molar-refractivity contribution in [2.75, 3.05) is 27.2 Å². The van der Waals surface area contributed by atoms with E-state index in [1.54, 1.807) is 30.3 Å². The standard InChI is InChI=1S/C24H25F6N3O2/c1-31-20(34)22(13-15-10-17(23(25,26)27)12-18(11-15)24(28,29)30)8-9-33(21(35)32-2)14-19(22)16-6-4-3-5-7-16/h3-7,10-12,19H,8-9,13-14H2,1-2H3,(H,31,34)(H,32,35). The van der Waals surface area contributed by atoms with Crippen molar-refractivity contribution in [2.24, 2.45) is 5.41 Å². The number of benzene rings is 2. The lowest BCUT2D eigenvalue weighted by molar-refractivity contribution is -0.143. The zero-order valence-electron chi connectivity index (χ0n) is 19.1. The van der Waals surface area contributed by atoms with Gasteiger partial charge in [-0.1, -0.05) is 30.3 Å². The molecule has 2 atom stereocenters. The van der Waals surface area contributed by atoms with Crippen LogP contribution in [0.5, 0.6) is 0 Å². The van der Waals surface area contributed by atoms with Crippen LogP contribution in [-0.2, 0) is 23.6 Å². The second kappa shape index (κ2) is 9.79. The largest absolute Gasteiger partial charge is 0.416 e. The van der Waals surface area contributed by atoms with Gasteiger partial charge in [0.1, 0.15) is 0 Å². The maximum Gasteiger partial charge on any atom is 0.416 e. The maximum absolute atomic E-state index is 13.5. The number of nitrogens with zero attached hydrogens (tertiary/aromatic N) is 1. The van der Waals surface area contributed by atoms with Crippen molar-refractivity contribution in [1.29, 1.82) is 0 Å². The summed E-state index contributed by atoms with van der Waals surface area (Å²) >= 11 is 0. The summed E-state index contributed by atoms with van der Waals surface area (Å²) in [4.78, 5) is 27.1. The van der Waals surface area contributed by atoms with Gasteiger partial charge in [-0.05, 0) is 42.2 Å². The number of hydrogen-bond acceptors (Lipinski definition) is 2. The Hall–Kier alpha value is -3.24. The summed E-state index contributed by atoms with van der Waals surface area (Å²) in [6.07, 6.45) is -10.3. The van der Waals surface area contributed by atoms with E-state index in [9.17, 15) is 35.9 Å². The summed E-state index contributed by atoms with van der Waals surface area (Å²) in [5, 5.41) is 5.05. The van der Waals surface area contributed by atoms with Gasteiger partial charge >= 0.3 is 18.4 Å². The Balaban J connectivity index is 2.17. The molecular formula is C24H25F6N3O2. The van der Waals surface area contributed by atoms with Gasteiger partial charge in [0.2, 0.25) is 5.91 Å². The highest BCUT2D eigenvalue weighted by atomic mass is 19.4. The number of urea groups is 1. The summed E-state index contributed by atoms with van der Waals surface area (Å²) in [6.45, 7) is 0.156. The summed E-state index contributed by atoms with van der Waals surface area (Å²) in [7, 11) is 2.81. The summed E-state index contributed by atoms with van der Waals surface area (Å²) in [5.74, 6) is -1.20. The van der Waals surface area contributed by atoms with E-state index < -0.39 is 46.8 Å². The van der Waals surface area contributed by atoms with Crippen LogP contribution in [0.3, 0.4) is 0 Å². The zero-order chi connectivity index (χ0) is 26.0. The summed E-state index contributed by atoms with van der Waals surface area (Å²) in [6, 6.07) is 9.62. The van der Waals surface area contributed by atoms with E-state index in [-0.39, 0.29) is 37.6 Å². The van der Waals surface area contributed by atoms with E-state index in [2.05, 4.69) is 10.6 Å². The molecule has 2 N–H and O–H groups in total. The lowest BCUT2D eigenvalue weighted by Gasteiger charge is -2.47. The number of carbonyl (C=O) groups is 2. The van der Waals surface area contributed by atoms with Crippen LogP contribution in [0.2, 0.25) is 0 Å². The minimum absolute atomic E-state index is 0.0389. The van der Waals surface area contributed by atoms with Gasteiger partial charge in [-0.2, -0.15) is 26.3 Å². The topological polar surface area (TPSA) is 61.4 Å². The Morgan fingerprint density at radius 1 is 0.943 bits per heavy atom. The second-order valence-electron chi connectivity index (χ2n) is 8.54. The predicted molar refractivity (Wildman–Crippen MR) is 116 cm³/mol. The smallest absolute Gasteiger partial charge is 0.359 e. The van der Waals surface area contributed by atoms with Crippen LogP contribution < -0.4 is 10.6 Å². The lowest BCUT2D eigenvalue weighted by atomic mass is 9.63. The molecule has 0 spiro atoms. The number of carbonyl (C=O) groups excluding carboxylic acids is 2. The second-order valence-corrected chi connectivity index (χ2v) is 8.54. The van der Waals surface area contributed by atoms with E-state index >= 15 is 0 Å². The third kappa shape index (κ3) is 5.54. The molecule has 5 nitrogen and oxygen atoms in total. The van der Waals surface area contributed by atoms with Gasteiger partial charge in [-0.3, -0.25) is 4.79 Å². The Bertz CT molecular complexity index is 1040. The van der Waals surface area contributed by atoms with Gasteiger partial charge in [0.05, 0.1) is 16.5 Å². The van der Waals surface area contributed by atoms with Gasteiger partial charge in [0.25, 0.3) is 0 Å². The normalized spacial score (nSPS) is 20.9. The van der Waals surface area contributed by atoms with Crippen LogP contribution in [0.25, 0.3) is 0 Å². The highest BCUT2D eigenvalue weighted by Crippen LogP contribution is 2.47. The zero-order valence-corrected chi connectivity index (χ0v) is 19.1. The van der Waals surface area contributed by atoms with E-state index in [1.165, 1.54) is 19.0 Å². The first kappa shape index (κ1) is 26.4. The Kier molecular flexibility index (Phi) is 7.37. The molecule has 0 aliphatic carbocycles. The highest BCUT2D eigenvalue weighted by Gasteiger charge is 2.50. The Morgan fingerprint density at radius 2 is 1.51 bits per heavy atom. The van der Waals surface area contributed by atoms with Gasteiger partial charge in [0, 0.05) is 33.1 Å². The fraction of sp³-hybridized carbons (Fsp3) is 0.417. The third-order valence-electron chi connectivity index (χ3n) is 6.45. The average molecular weight is 501 g/mol. The SMILES string of the molecule is CNC(=O)N1CCC(Cc2cc(C(F)(F)F)cc(C(F)(F)F)c2)(C(=O)NC)C(c2ccccc2)C1. The Morgan fingerprint density at radius 3 is 2.00 bits per heavy atom. The monoisotopic (exact) mass is 501 g/mol. The Labute approximate surface area is 198 Å². The molecule has 0 saturated carbocycles. The molecule has 0 bridgehead atoms. The molecule has 2 aromatic rings. The molecule has 3 rings (SSSR count). The van der Waals surface area contributed by atoms with Gasteiger partial charge < -0.3 is 15.5 Å². The van der Waals surface area contributed by atoms with Crippen molar-refractivity contribution in [2.45, 2.75) is 31.1 Å². The van der Waals surface area contributed by atoms with Crippen molar-refractivity contribution in [3.63, 3.8) is 0 Å². The number of hydrogen-bond donors (Lipinski definition) is 2. The summed E-state index contributed by atoms with van der Waals surface area (Å²) < 4.78 is 80.7. The number of amides is 3. The van der Waals surface area contributed by atoms with Crippen molar-refractivity contribution < 1.29 is 35.9 Å². The third-order valence-corrected chi connectivity index (χ3v) is 6.45. The number of piperidine rings is 1. The number of alkyl halides is 6. The number of likely N-dealkylation sites (tertiary alicyclic amines) is 1. The molecule has 2 unspecified atom stereocenters. The minimum Gasteiger partial charge on any atom is -0.359 e.